The summed E-state index contributed by atoms with van der Waals surface area (Å²) < 4.78 is 32.0. The second-order valence-corrected chi connectivity index (χ2v) is 7.23. The van der Waals surface area contributed by atoms with E-state index in [1.54, 1.807) is 30.3 Å². The number of aromatic nitrogens is 2. The van der Waals surface area contributed by atoms with Gasteiger partial charge in [-0.2, -0.15) is 0 Å². The summed E-state index contributed by atoms with van der Waals surface area (Å²) in [5.74, 6) is 0.704. The van der Waals surface area contributed by atoms with E-state index in [2.05, 4.69) is 15.3 Å². The molecule has 27 heavy (non-hydrogen) atoms. The number of hydrogen-bond donors (Lipinski definition) is 2. The number of carbonyl (C=O) groups excluding carboxylic acids is 1. The molecule has 0 bridgehead atoms. The van der Waals surface area contributed by atoms with Crippen LogP contribution in [-0.2, 0) is 10.0 Å². The van der Waals surface area contributed by atoms with Crippen LogP contribution in [-0.4, -0.2) is 24.4 Å². The number of anilines is 1. The van der Waals surface area contributed by atoms with Crippen LogP contribution in [0.4, 0.5) is 10.5 Å². The highest BCUT2D eigenvalue weighted by Crippen LogP contribution is 2.22. The molecule has 8 nitrogen and oxygen atoms in total. The zero-order valence-corrected chi connectivity index (χ0v) is 15.1. The normalized spacial score (nSPS) is 10.9. The van der Waals surface area contributed by atoms with Crippen LogP contribution in [0.1, 0.15) is 5.56 Å². The number of aryl methyl sites for hydroxylation is 1. The first-order chi connectivity index (χ1) is 12.9. The van der Waals surface area contributed by atoms with E-state index < -0.39 is 16.1 Å². The molecule has 138 valence electrons. The van der Waals surface area contributed by atoms with Gasteiger partial charge in [0.2, 0.25) is 5.88 Å². The Labute approximate surface area is 156 Å². The third kappa shape index (κ3) is 5.02. The Morgan fingerprint density at radius 1 is 1.07 bits per heavy atom. The lowest BCUT2D eigenvalue weighted by atomic mass is 10.2. The van der Waals surface area contributed by atoms with Gasteiger partial charge in [-0.3, -0.25) is 4.98 Å². The van der Waals surface area contributed by atoms with E-state index in [0.29, 0.717) is 17.3 Å². The molecule has 0 radical (unpaired) electrons. The Bertz CT molecular complexity index is 1040. The van der Waals surface area contributed by atoms with Crippen LogP contribution in [0.25, 0.3) is 0 Å². The first-order valence-corrected chi connectivity index (χ1v) is 9.35. The lowest BCUT2D eigenvalue weighted by Crippen LogP contribution is -2.34. The third-order valence-electron chi connectivity index (χ3n) is 3.41. The topological polar surface area (TPSA) is 110 Å². The average molecular weight is 384 g/mol. The van der Waals surface area contributed by atoms with E-state index in [1.807, 2.05) is 11.6 Å². The first kappa shape index (κ1) is 18.3. The SMILES string of the molecule is Cc1ccc(S(=O)(=O)NC(=O)Nc2cccc(Oc3cnccn3)c2)cc1. The highest BCUT2D eigenvalue weighted by Gasteiger charge is 2.17. The Kier molecular flexibility index (Phi) is 5.32. The minimum Gasteiger partial charge on any atom is -0.437 e. The maximum atomic E-state index is 12.2. The quantitative estimate of drug-likeness (QED) is 0.699. The van der Waals surface area contributed by atoms with Gasteiger partial charge in [-0.15, -0.1) is 0 Å². The maximum absolute atomic E-state index is 12.2. The van der Waals surface area contributed by atoms with E-state index in [4.69, 9.17) is 4.74 Å². The Hall–Kier alpha value is -3.46. The monoisotopic (exact) mass is 384 g/mol. The number of amides is 2. The van der Waals surface area contributed by atoms with Gasteiger partial charge in [0.05, 0.1) is 11.1 Å². The number of sulfonamides is 1. The second kappa shape index (κ2) is 7.83. The highest BCUT2D eigenvalue weighted by molar-refractivity contribution is 7.90. The van der Waals surface area contributed by atoms with Crippen LogP contribution < -0.4 is 14.8 Å². The van der Waals surface area contributed by atoms with Gasteiger partial charge in [-0.1, -0.05) is 23.8 Å². The van der Waals surface area contributed by atoms with Crippen LogP contribution in [0.3, 0.4) is 0 Å². The van der Waals surface area contributed by atoms with Crippen molar-refractivity contribution in [2.75, 3.05) is 5.32 Å². The molecule has 2 amide bonds. The third-order valence-corrected chi connectivity index (χ3v) is 4.76. The first-order valence-electron chi connectivity index (χ1n) is 7.87. The second-order valence-electron chi connectivity index (χ2n) is 5.55. The summed E-state index contributed by atoms with van der Waals surface area (Å²) in [5, 5.41) is 2.46. The van der Waals surface area contributed by atoms with Gasteiger partial charge < -0.3 is 10.1 Å². The fraction of sp³-hybridized carbons (Fsp3) is 0.0556. The maximum Gasteiger partial charge on any atom is 0.333 e. The van der Waals surface area contributed by atoms with Gasteiger partial charge in [0.15, 0.2) is 0 Å². The summed E-state index contributed by atoms with van der Waals surface area (Å²) in [5.41, 5.74) is 1.27. The van der Waals surface area contributed by atoms with Crippen molar-refractivity contribution in [3.8, 4) is 11.6 Å². The molecule has 1 heterocycles. The summed E-state index contributed by atoms with van der Waals surface area (Å²) in [4.78, 5) is 20.0. The molecule has 2 N–H and O–H groups in total. The Morgan fingerprint density at radius 3 is 2.56 bits per heavy atom. The molecule has 3 aromatic rings. The molecule has 9 heteroatoms. The van der Waals surface area contributed by atoms with E-state index in [9.17, 15) is 13.2 Å². The van der Waals surface area contributed by atoms with Crippen molar-refractivity contribution in [2.45, 2.75) is 11.8 Å². The standard InChI is InChI=1S/C18H16N4O4S/c1-13-5-7-16(8-6-13)27(24,25)22-18(23)21-14-3-2-4-15(11-14)26-17-12-19-9-10-20-17/h2-12H,1H3,(H2,21,22,23). The molecule has 0 saturated carbocycles. The number of carbonyl (C=O) groups is 1. The van der Waals surface area contributed by atoms with E-state index in [-0.39, 0.29) is 4.90 Å². The lowest BCUT2D eigenvalue weighted by molar-refractivity contribution is 0.256. The van der Waals surface area contributed by atoms with Crippen LogP contribution in [0, 0.1) is 6.92 Å². The van der Waals surface area contributed by atoms with E-state index in [0.717, 1.165) is 5.56 Å². The molecule has 0 atom stereocenters. The predicted molar refractivity (Wildman–Crippen MR) is 99.1 cm³/mol. The van der Waals surface area contributed by atoms with Crippen molar-refractivity contribution in [2.24, 2.45) is 0 Å². The molecule has 0 saturated heterocycles. The van der Waals surface area contributed by atoms with Gasteiger partial charge in [-0.05, 0) is 31.2 Å². The molecule has 1 aromatic heterocycles. The Balaban J connectivity index is 1.67. The molecule has 0 fully saturated rings. The number of ether oxygens (including phenoxy) is 1. The largest absolute Gasteiger partial charge is 0.437 e. The lowest BCUT2D eigenvalue weighted by Gasteiger charge is -2.10. The van der Waals surface area contributed by atoms with Crippen LogP contribution >= 0.6 is 0 Å². The minimum atomic E-state index is -3.97. The van der Waals surface area contributed by atoms with Crippen LogP contribution in [0.15, 0.2) is 72.0 Å². The van der Waals surface area contributed by atoms with Crippen LogP contribution in [0.5, 0.6) is 11.6 Å². The smallest absolute Gasteiger partial charge is 0.333 e. The fourth-order valence-corrected chi connectivity index (χ4v) is 3.06. The number of nitrogens with one attached hydrogen (secondary N) is 2. The molecule has 2 aromatic carbocycles. The summed E-state index contributed by atoms with van der Waals surface area (Å²) in [6.07, 6.45) is 4.45. The molecule has 0 aliphatic carbocycles. The molecule has 3 rings (SSSR count). The summed E-state index contributed by atoms with van der Waals surface area (Å²) in [6, 6.07) is 11.7. The van der Waals surface area contributed by atoms with E-state index >= 15 is 0 Å². The average Bonchev–Trinajstić information content (AvgIpc) is 2.62. The minimum absolute atomic E-state index is 0.00276. The van der Waals surface area contributed by atoms with Crippen molar-refractivity contribution in [1.29, 1.82) is 0 Å². The highest BCUT2D eigenvalue weighted by atomic mass is 32.2. The van der Waals surface area contributed by atoms with Crippen molar-refractivity contribution in [1.82, 2.24) is 14.7 Å². The van der Waals surface area contributed by atoms with Crippen molar-refractivity contribution in [3.05, 3.63) is 72.7 Å². The molecule has 0 unspecified atom stereocenters. The predicted octanol–water partition coefficient (Wildman–Crippen LogP) is 3.09. The van der Waals surface area contributed by atoms with Gasteiger partial charge in [0.25, 0.3) is 10.0 Å². The molecule has 0 aliphatic heterocycles. The van der Waals surface area contributed by atoms with Gasteiger partial charge in [0, 0.05) is 24.1 Å². The zero-order chi connectivity index (χ0) is 19.3. The number of benzene rings is 2. The van der Waals surface area contributed by atoms with Crippen molar-refractivity contribution in [3.63, 3.8) is 0 Å². The van der Waals surface area contributed by atoms with Gasteiger partial charge >= 0.3 is 6.03 Å². The fourth-order valence-electron chi connectivity index (χ4n) is 2.15. The molecule has 0 spiro atoms. The number of rotatable bonds is 5. The van der Waals surface area contributed by atoms with E-state index in [1.165, 1.54) is 36.8 Å². The molecular weight excluding hydrogens is 368 g/mol. The number of urea groups is 1. The van der Waals surface area contributed by atoms with Crippen molar-refractivity contribution < 1.29 is 17.9 Å². The van der Waals surface area contributed by atoms with Crippen molar-refractivity contribution >= 4 is 21.7 Å². The molecule has 0 aliphatic rings. The van der Waals surface area contributed by atoms with Gasteiger partial charge in [-0.25, -0.2) is 22.9 Å². The summed E-state index contributed by atoms with van der Waals surface area (Å²) >= 11 is 0. The summed E-state index contributed by atoms with van der Waals surface area (Å²) in [6.45, 7) is 1.84. The number of hydrogen-bond acceptors (Lipinski definition) is 6. The Morgan fingerprint density at radius 2 is 1.85 bits per heavy atom. The molecular formula is C18H16N4O4S. The van der Waals surface area contributed by atoms with Crippen LogP contribution in [0.2, 0.25) is 0 Å². The van der Waals surface area contributed by atoms with Gasteiger partial charge in [0.1, 0.15) is 5.75 Å². The zero-order valence-electron chi connectivity index (χ0n) is 14.3. The summed E-state index contributed by atoms with van der Waals surface area (Å²) in [7, 11) is -3.97. The number of nitrogens with zero attached hydrogens (tertiary/aromatic N) is 2.